The van der Waals surface area contributed by atoms with Crippen LogP contribution in [0.1, 0.15) is 115 Å². The van der Waals surface area contributed by atoms with Gasteiger partial charge in [0.2, 0.25) is 0 Å². The van der Waals surface area contributed by atoms with E-state index < -0.39 is 5.97 Å². The number of amides is 2. The third-order valence-electron chi connectivity index (χ3n) is 15.0. The Hall–Kier alpha value is -2.34. The van der Waals surface area contributed by atoms with Crippen molar-refractivity contribution in [3.8, 4) is 0 Å². The zero-order valence-electron chi connectivity index (χ0n) is 29.3. The minimum atomic E-state index is -0.867. The van der Waals surface area contributed by atoms with Crippen LogP contribution in [0.3, 0.4) is 0 Å². The van der Waals surface area contributed by atoms with Gasteiger partial charge in [-0.05, 0) is 140 Å². The lowest BCUT2D eigenvalue weighted by atomic mass is 9.33. The second-order valence-corrected chi connectivity index (χ2v) is 17.4. The van der Waals surface area contributed by atoms with E-state index in [2.05, 4.69) is 65.0 Å². The van der Waals surface area contributed by atoms with E-state index in [4.69, 9.17) is 0 Å². The van der Waals surface area contributed by atoms with Gasteiger partial charge in [0.05, 0.1) is 5.56 Å². The third-order valence-corrected chi connectivity index (χ3v) is 15.0. The van der Waals surface area contributed by atoms with E-state index in [0.29, 0.717) is 29.2 Å². The van der Waals surface area contributed by atoms with Crippen molar-refractivity contribution in [3.63, 3.8) is 0 Å². The fraction of sp³-hybridized carbons (Fsp3) is 0.744. The van der Waals surface area contributed by atoms with Crippen molar-refractivity contribution in [2.75, 3.05) is 34.2 Å². The van der Waals surface area contributed by atoms with Gasteiger partial charge in [-0.2, -0.15) is 0 Å². The normalized spacial score (nSPS) is 40.0. The van der Waals surface area contributed by atoms with Crippen LogP contribution in [0.5, 0.6) is 0 Å². The number of urea groups is 1. The van der Waals surface area contributed by atoms with Crippen molar-refractivity contribution in [2.24, 2.45) is 45.3 Å². The van der Waals surface area contributed by atoms with Crippen LogP contribution < -0.4 is 5.32 Å². The lowest BCUT2D eigenvalue weighted by Gasteiger charge is -2.72. The van der Waals surface area contributed by atoms with Crippen molar-refractivity contribution >= 4 is 17.6 Å². The predicted octanol–water partition coefficient (Wildman–Crippen LogP) is 8.19. The van der Waals surface area contributed by atoms with Crippen molar-refractivity contribution < 1.29 is 14.7 Å². The van der Waals surface area contributed by atoms with Gasteiger partial charge in [0.15, 0.2) is 0 Å². The summed E-state index contributed by atoms with van der Waals surface area (Å²) in [4.78, 5) is 29.0. The molecule has 2 N–H and O–H groups in total. The molecule has 1 aromatic rings. The number of hydrogen-bond donors (Lipinski definition) is 2. The molecular weight excluding hydrogens is 558 g/mol. The van der Waals surface area contributed by atoms with E-state index in [1.54, 1.807) is 12.1 Å². The molecule has 6 nitrogen and oxygen atoms in total. The summed E-state index contributed by atoms with van der Waals surface area (Å²) in [5.41, 5.74) is 3.71. The molecule has 0 aliphatic heterocycles. The molecule has 0 saturated heterocycles. The first-order valence-electron chi connectivity index (χ1n) is 17.8. The quantitative estimate of drug-likeness (QED) is 0.338. The van der Waals surface area contributed by atoms with E-state index in [-0.39, 0.29) is 33.2 Å². The van der Waals surface area contributed by atoms with Crippen molar-refractivity contribution in [1.82, 2.24) is 15.1 Å². The van der Waals surface area contributed by atoms with Crippen molar-refractivity contribution in [3.05, 3.63) is 41.5 Å². The Bertz CT molecular complexity index is 1350. The number of rotatable bonds is 6. The number of carboxylic acids is 1. The summed E-state index contributed by atoms with van der Waals surface area (Å²) in [6.07, 6.45) is 14.7. The molecule has 248 valence electrons. The van der Waals surface area contributed by atoms with Crippen LogP contribution in [0.2, 0.25) is 0 Å². The number of aromatic carboxylic acids is 1. The molecule has 0 heterocycles. The Balaban J connectivity index is 1.26. The number of fused-ring (bicyclic) bond motifs is 7. The molecule has 8 atom stereocenters. The zero-order chi connectivity index (χ0) is 32.6. The fourth-order valence-corrected chi connectivity index (χ4v) is 12.4. The van der Waals surface area contributed by atoms with Crippen LogP contribution in [0.25, 0.3) is 5.57 Å². The summed E-state index contributed by atoms with van der Waals surface area (Å²) in [7, 11) is 6.08. The number of nitrogens with zero attached hydrogens (tertiary/aromatic N) is 2. The van der Waals surface area contributed by atoms with Gasteiger partial charge in [0.1, 0.15) is 0 Å². The van der Waals surface area contributed by atoms with E-state index >= 15 is 0 Å². The Morgan fingerprint density at radius 3 is 2.20 bits per heavy atom. The minimum absolute atomic E-state index is 0.0207. The first-order chi connectivity index (χ1) is 21.1. The fourth-order valence-electron chi connectivity index (χ4n) is 12.4. The molecule has 0 bridgehead atoms. The van der Waals surface area contributed by atoms with Crippen LogP contribution in [-0.2, 0) is 0 Å². The number of hydrogen-bond acceptors (Lipinski definition) is 3. The predicted molar refractivity (Wildman–Crippen MR) is 182 cm³/mol. The number of likely N-dealkylation sites (N-methyl/N-ethyl adjacent to an activating group) is 2. The maximum Gasteiger partial charge on any atom is 0.335 e. The molecule has 4 saturated carbocycles. The summed E-state index contributed by atoms with van der Waals surface area (Å²) in [6, 6.07) is 7.68. The average molecular weight is 618 g/mol. The summed E-state index contributed by atoms with van der Waals surface area (Å²) in [6.45, 7) is 14.5. The summed E-state index contributed by atoms with van der Waals surface area (Å²) >= 11 is 0. The maximum absolute atomic E-state index is 13.5. The highest BCUT2D eigenvalue weighted by atomic mass is 16.4. The molecule has 6 rings (SSSR count). The number of allylic oxidation sites excluding steroid dienone is 2. The van der Waals surface area contributed by atoms with Gasteiger partial charge < -0.3 is 20.2 Å². The SMILES string of the molecule is CN(C)CCN(C)C(=O)NC12CCCC1C1CCC3C4(C)CC=C(c5ccc(C(=O)O)cc5)C(C)(C)C4CCC3(C)[C@]1(C)CC2. The monoisotopic (exact) mass is 617 g/mol. The minimum Gasteiger partial charge on any atom is -0.478 e. The zero-order valence-corrected chi connectivity index (χ0v) is 29.3. The number of benzene rings is 1. The Labute approximate surface area is 272 Å². The highest BCUT2D eigenvalue weighted by molar-refractivity contribution is 5.88. The molecule has 1 aromatic carbocycles. The summed E-state index contributed by atoms with van der Waals surface area (Å²) in [5.74, 6) is 1.64. The van der Waals surface area contributed by atoms with E-state index in [1.807, 2.05) is 24.1 Å². The number of carbonyl (C=O) groups excluding carboxylic acids is 1. The average Bonchev–Trinajstić information content (AvgIpc) is 3.39. The molecule has 2 amide bonds. The van der Waals surface area contributed by atoms with Gasteiger partial charge >= 0.3 is 12.0 Å². The molecule has 7 unspecified atom stereocenters. The van der Waals surface area contributed by atoms with Gasteiger partial charge in [0.25, 0.3) is 0 Å². The van der Waals surface area contributed by atoms with E-state index in [1.165, 1.54) is 56.1 Å². The Morgan fingerprint density at radius 1 is 0.822 bits per heavy atom. The molecule has 6 heteroatoms. The second kappa shape index (κ2) is 11.1. The number of carbonyl (C=O) groups is 2. The summed E-state index contributed by atoms with van der Waals surface area (Å²) < 4.78 is 0. The first-order valence-corrected chi connectivity index (χ1v) is 17.8. The van der Waals surface area contributed by atoms with Crippen molar-refractivity contribution in [2.45, 2.75) is 104 Å². The van der Waals surface area contributed by atoms with Gasteiger partial charge in [-0.15, -0.1) is 0 Å². The topological polar surface area (TPSA) is 72.9 Å². The van der Waals surface area contributed by atoms with Gasteiger partial charge in [-0.25, -0.2) is 9.59 Å². The smallest absolute Gasteiger partial charge is 0.335 e. The van der Waals surface area contributed by atoms with Crippen LogP contribution in [0, 0.1) is 45.3 Å². The molecule has 5 aliphatic carbocycles. The van der Waals surface area contributed by atoms with Gasteiger partial charge in [-0.1, -0.05) is 59.2 Å². The third kappa shape index (κ3) is 4.90. The highest BCUT2D eigenvalue weighted by Crippen LogP contribution is 2.76. The first kappa shape index (κ1) is 32.6. The molecule has 0 spiro atoms. The Morgan fingerprint density at radius 2 is 1.53 bits per heavy atom. The second-order valence-electron chi connectivity index (χ2n) is 17.4. The highest BCUT2D eigenvalue weighted by Gasteiger charge is 2.69. The number of nitrogens with one attached hydrogen (secondary N) is 1. The molecule has 5 aliphatic rings. The van der Waals surface area contributed by atoms with Crippen LogP contribution >= 0.6 is 0 Å². The largest absolute Gasteiger partial charge is 0.478 e. The number of carboxylic acid groups (broad SMARTS) is 1. The van der Waals surface area contributed by atoms with Gasteiger partial charge in [-0.3, -0.25) is 0 Å². The Kier molecular flexibility index (Phi) is 8.06. The molecule has 45 heavy (non-hydrogen) atoms. The molecule has 0 radical (unpaired) electrons. The molecule has 4 fully saturated rings. The van der Waals surface area contributed by atoms with Crippen LogP contribution in [-0.4, -0.2) is 66.7 Å². The van der Waals surface area contributed by atoms with E-state index in [0.717, 1.165) is 32.4 Å². The van der Waals surface area contributed by atoms with Crippen LogP contribution in [0.4, 0.5) is 4.79 Å². The maximum atomic E-state index is 13.5. The summed E-state index contributed by atoms with van der Waals surface area (Å²) in [5, 5.41) is 13.1. The standard InChI is InChI=1S/C39H59N3O3/c1-35(2)28(26-11-13-27(14-12-26)33(43)44)17-20-36(3)31(35)18-21-38(5)32(36)16-15-29-30-10-9-19-39(30,23-22-37(29,38)4)40-34(45)42(8)25-24-41(6)7/h11-14,17,29-32H,9-10,15-16,18-25H2,1-8H3,(H,40,45)(H,43,44)/t29?,30?,31?,32?,36?,37-,38?,39?/m1/s1. The van der Waals surface area contributed by atoms with Crippen molar-refractivity contribution in [1.29, 1.82) is 0 Å². The van der Waals surface area contributed by atoms with E-state index in [9.17, 15) is 14.7 Å². The molecular formula is C39H59N3O3. The van der Waals surface area contributed by atoms with Gasteiger partial charge in [0, 0.05) is 25.7 Å². The lowest BCUT2D eigenvalue weighted by molar-refractivity contribution is -0.216. The van der Waals surface area contributed by atoms with Crippen LogP contribution in [0.15, 0.2) is 30.3 Å². The molecule has 0 aromatic heterocycles. The lowest BCUT2D eigenvalue weighted by Crippen LogP contribution is -2.68.